The van der Waals surface area contributed by atoms with Crippen LogP contribution in [0.25, 0.3) is 0 Å². The highest BCUT2D eigenvalue weighted by Crippen LogP contribution is 2.24. The van der Waals surface area contributed by atoms with Crippen molar-refractivity contribution in [2.75, 3.05) is 19.4 Å². The van der Waals surface area contributed by atoms with Gasteiger partial charge in [-0.2, -0.15) is 0 Å². The third-order valence-corrected chi connectivity index (χ3v) is 3.43. The molecule has 0 spiro atoms. The van der Waals surface area contributed by atoms with E-state index in [0.29, 0.717) is 24.2 Å². The molecule has 1 saturated heterocycles. The number of hydrogen-bond acceptors (Lipinski definition) is 4. The number of methoxy groups -OCH3 is 1. The highest BCUT2D eigenvalue weighted by molar-refractivity contribution is 6.01. The fourth-order valence-corrected chi connectivity index (χ4v) is 2.40. The molecular formula is C14H18N2O3. The van der Waals surface area contributed by atoms with Crippen LogP contribution in [0.1, 0.15) is 28.8 Å². The molecule has 1 aromatic rings. The Bertz CT molecular complexity index is 513. The van der Waals surface area contributed by atoms with Crippen molar-refractivity contribution in [3.8, 4) is 0 Å². The number of nitrogens with zero attached hydrogens (tertiary/aromatic N) is 1. The summed E-state index contributed by atoms with van der Waals surface area (Å²) in [4.78, 5) is 25.7. The monoisotopic (exact) mass is 262 g/mol. The Hall–Kier alpha value is -2.04. The van der Waals surface area contributed by atoms with Crippen molar-refractivity contribution in [3.63, 3.8) is 0 Å². The summed E-state index contributed by atoms with van der Waals surface area (Å²) in [6.45, 7) is 2.46. The van der Waals surface area contributed by atoms with E-state index in [1.807, 2.05) is 13.0 Å². The Kier molecular flexibility index (Phi) is 3.74. The highest BCUT2D eigenvalue weighted by Gasteiger charge is 2.35. The van der Waals surface area contributed by atoms with Crippen LogP contribution in [-0.4, -0.2) is 36.5 Å². The van der Waals surface area contributed by atoms with Crippen molar-refractivity contribution in [3.05, 3.63) is 29.3 Å². The summed E-state index contributed by atoms with van der Waals surface area (Å²) in [7, 11) is 1.34. The van der Waals surface area contributed by atoms with Crippen molar-refractivity contribution in [2.45, 2.75) is 25.8 Å². The summed E-state index contributed by atoms with van der Waals surface area (Å²) in [5.74, 6) is -0.564. The Morgan fingerprint density at radius 3 is 2.84 bits per heavy atom. The van der Waals surface area contributed by atoms with Gasteiger partial charge in [0.2, 0.25) is 0 Å². The second kappa shape index (κ2) is 5.30. The first-order chi connectivity index (χ1) is 9.04. The van der Waals surface area contributed by atoms with Crippen molar-refractivity contribution in [1.82, 2.24) is 4.90 Å². The first-order valence-corrected chi connectivity index (χ1v) is 6.29. The molecule has 2 rings (SSSR count). The van der Waals surface area contributed by atoms with Crippen molar-refractivity contribution < 1.29 is 14.3 Å². The van der Waals surface area contributed by atoms with Crippen molar-refractivity contribution in [1.29, 1.82) is 0 Å². The van der Waals surface area contributed by atoms with Gasteiger partial charge in [-0.25, -0.2) is 4.79 Å². The molecule has 1 aromatic carbocycles. The predicted molar refractivity (Wildman–Crippen MR) is 71.7 cm³/mol. The third kappa shape index (κ3) is 2.54. The molecule has 1 aliphatic heterocycles. The van der Waals surface area contributed by atoms with E-state index in [9.17, 15) is 9.59 Å². The summed E-state index contributed by atoms with van der Waals surface area (Å²) < 4.78 is 4.74. The molecule has 1 unspecified atom stereocenters. The molecule has 1 aliphatic rings. The molecule has 1 fully saturated rings. The summed E-state index contributed by atoms with van der Waals surface area (Å²) in [5.41, 5.74) is 7.70. The fraction of sp³-hybridized carbons (Fsp3) is 0.429. The molecule has 5 heteroatoms. The minimum absolute atomic E-state index is 0.200. The molecule has 19 heavy (non-hydrogen) atoms. The van der Waals surface area contributed by atoms with Gasteiger partial charge in [-0.05, 0) is 31.9 Å². The summed E-state index contributed by atoms with van der Waals surface area (Å²) in [6.07, 6.45) is 1.45. The number of ether oxygens (including phenoxy) is 1. The van der Waals surface area contributed by atoms with E-state index in [1.165, 1.54) is 7.11 Å². The van der Waals surface area contributed by atoms with E-state index >= 15 is 0 Å². The molecule has 1 heterocycles. The van der Waals surface area contributed by atoms with Gasteiger partial charge in [0.25, 0.3) is 5.91 Å². The lowest BCUT2D eigenvalue weighted by Crippen LogP contribution is -2.41. The number of anilines is 1. The number of carbonyl (C=O) groups excluding carboxylic acids is 2. The van der Waals surface area contributed by atoms with Crippen LogP contribution >= 0.6 is 0 Å². The lowest BCUT2D eigenvalue weighted by molar-refractivity contribution is -0.145. The topological polar surface area (TPSA) is 72.6 Å². The van der Waals surface area contributed by atoms with E-state index in [2.05, 4.69) is 0 Å². The standard InChI is InChI=1S/C14H18N2O3/c1-9-5-6-11(15)10(8-9)13(17)16-7-3-4-12(16)14(18)19-2/h5-6,8,12H,3-4,7,15H2,1-2H3. The van der Waals surface area contributed by atoms with Crippen LogP contribution in [0, 0.1) is 6.92 Å². The van der Waals surface area contributed by atoms with Gasteiger partial charge in [0.15, 0.2) is 0 Å². The Morgan fingerprint density at radius 1 is 1.42 bits per heavy atom. The largest absolute Gasteiger partial charge is 0.467 e. The quantitative estimate of drug-likeness (QED) is 0.645. The zero-order valence-corrected chi connectivity index (χ0v) is 11.2. The number of hydrogen-bond donors (Lipinski definition) is 1. The number of aryl methyl sites for hydroxylation is 1. The zero-order chi connectivity index (χ0) is 14.0. The van der Waals surface area contributed by atoms with Crippen LogP contribution in [0.2, 0.25) is 0 Å². The maximum atomic E-state index is 12.5. The van der Waals surface area contributed by atoms with Crippen LogP contribution in [0.5, 0.6) is 0 Å². The van der Waals surface area contributed by atoms with Gasteiger partial charge in [0, 0.05) is 12.2 Å². The first-order valence-electron chi connectivity index (χ1n) is 6.29. The maximum Gasteiger partial charge on any atom is 0.328 e. The van der Waals surface area contributed by atoms with E-state index in [-0.39, 0.29) is 11.9 Å². The number of nitrogen functional groups attached to an aromatic ring is 1. The highest BCUT2D eigenvalue weighted by atomic mass is 16.5. The summed E-state index contributed by atoms with van der Waals surface area (Å²) in [6, 6.07) is 4.83. The molecule has 102 valence electrons. The van der Waals surface area contributed by atoms with E-state index in [0.717, 1.165) is 12.0 Å². The van der Waals surface area contributed by atoms with Gasteiger partial charge in [-0.15, -0.1) is 0 Å². The second-order valence-electron chi connectivity index (χ2n) is 4.77. The summed E-state index contributed by atoms with van der Waals surface area (Å²) >= 11 is 0. The average Bonchev–Trinajstić information content (AvgIpc) is 2.89. The molecule has 0 saturated carbocycles. The predicted octanol–water partition coefficient (Wildman–Crippen LogP) is 1.35. The first kappa shape index (κ1) is 13.4. The average molecular weight is 262 g/mol. The molecule has 0 bridgehead atoms. The van der Waals surface area contributed by atoms with Crippen LogP contribution in [0.4, 0.5) is 5.69 Å². The smallest absolute Gasteiger partial charge is 0.328 e. The lowest BCUT2D eigenvalue weighted by atomic mass is 10.1. The van der Waals surface area contributed by atoms with Gasteiger partial charge in [-0.3, -0.25) is 4.79 Å². The number of likely N-dealkylation sites (tertiary alicyclic amines) is 1. The van der Waals surface area contributed by atoms with Crippen molar-refractivity contribution >= 4 is 17.6 Å². The number of carbonyl (C=O) groups is 2. The van der Waals surface area contributed by atoms with Gasteiger partial charge in [0.1, 0.15) is 6.04 Å². The molecule has 0 aliphatic carbocycles. The van der Waals surface area contributed by atoms with Gasteiger partial charge < -0.3 is 15.4 Å². The van der Waals surface area contributed by atoms with E-state index in [4.69, 9.17) is 10.5 Å². The van der Waals surface area contributed by atoms with E-state index < -0.39 is 6.04 Å². The summed E-state index contributed by atoms with van der Waals surface area (Å²) in [5, 5.41) is 0. The SMILES string of the molecule is COC(=O)C1CCCN1C(=O)c1cc(C)ccc1N. The molecule has 0 radical (unpaired) electrons. The van der Waals surface area contributed by atoms with Crippen LogP contribution in [0.3, 0.4) is 0 Å². The number of esters is 1. The fourth-order valence-electron chi connectivity index (χ4n) is 2.40. The van der Waals surface area contributed by atoms with E-state index in [1.54, 1.807) is 17.0 Å². The van der Waals surface area contributed by atoms with Crippen LogP contribution in [-0.2, 0) is 9.53 Å². The lowest BCUT2D eigenvalue weighted by Gasteiger charge is -2.23. The third-order valence-electron chi connectivity index (χ3n) is 3.43. The minimum Gasteiger partial charge on any atom is -0.467 e. The Balaban J connectivity index is 2.28. The number of benzene rings is 1. The number of rotatable bonds is 2. The van der Waals surface area contributed by atoms with Crippen molar-refractivity contribution in [2.24, 2.45) is 0 Å². The molecule has 1 amide bonds. The maximum absolute atomic E-state index is 12.5. The Labute approximate surface area is 112 Å². The molecule has 2 N–H and O–H groups in total. The van der Waals surface area contributed by atoms with Crippen LogP contribution < -0.4 is 5.73 Å². The molecule has 1 atom stereocenters. The van der Waals surface area contributed by atoms with Gasteiger partial charge >= 0.3 is 5.97 Å². The molecular weight excluding hydrogens is 244 g/mol. The van der Waals surface area contributed by atoms with Crippen LogP contribution in [0.15, 0.2) is 18.2 Å². The normalized spacial score (nSPS) is 18.4. The molecule has 5 nitrogen and oxygen atoms in total. The van der Waals surface area contributed by atoms with Gasteiger partial charge in [0.05, 0.1) is 12.7 Å². The Morgan fingerprint density at radius 2 is 2.16 bits per heavy atom. The molecule has 0 aromatic heterocycles. The number of amides is 1. The minimum atomic E-state index is -0.489. The second-order valence-corrected chi connectivity index (χ2v) is 4.77. The number of nitrogens with two attached hydrogens (primary N) is 1. The zero-order valence-electron chi connectivity index (χ0n) is 11.2. The van der Waals surface area contributed by atoms with Gasteiger partial charge in [-0.1, -0.05) is 11.6 Å².